The fraction of sp³-hybridized carbons (Fsp3) is 0.562. The normalized spacial score (nSPS) is 15.7. The van der Waals surface area contributed by atoms with E-state index >= 15 is 0 Å². The van der Waals surface area contributed by atoms with Gasteiger partial charge >= 0.3 is 0 Å². The number of hydrogen-bond donors (Lipinski definition) is 0. The van der Waals surface area contributed by atoms with Crippen molar-refractivity contribution in [1.29, 1.82) is 0 Å². The van der Waals surface area contributed by atoms with Gasteiger partial charge in [-0.15, -0.1) is 0 Å². The first kappa shape index (κ1) is 15.0. The molecule has 0 atom stereocenters. The highest BCUT2D eigenvalue weighted by Crippen LogP contribution is 2.11. The molecule has 1 aliphatic rings. The van der Waals surface area contributed by atoms with Gasteiger partial charge in [0.1, 0.15) is 0 Å². The van der Waals surface area contributed by atoms with Gasteiger partial charge in [-0.1, -0.05) is 31.2 Å². The third kappa shape index (κ3) is 4.05. The van der Waals surface area contributed by atoms with Crippen molar-refractivity contribution in [3.63, 3.8) is 0 Å². The molecule has 0 aromatic heterocycles. The van der Waals surface area contributed by atoms with Crippen LogP contribution >= 0.6 is 0 Å². The predicted octanol–water partition coefficient (Wildman–Crippen LogP) is 1.54. The van der Waals surface area contributed by atoms with Gasteiger partial charge in [-0.2, -0.15) is 0 Å². The average Bonchev–Trinajstić information content (AvgIpc) is 2.48. The summed E-state index contributed by atoms with van der Waals surface area (Å²) in [6.07, 6.45) is 1.03. The largest absolute Gasteiger partial charge is 0.378 e. The lowest BCUT2D eigenvalue weighted by molar-refractivity contribution is -0.136. The number of morpholine rings is 1. The Hall–Kier alpha value is -1.39. The molecular weight excluding hydrogens is 252 g/mol. The van der Waals surface area contributed by atoms with E-state index in [1.165, 1.54) is 11.1 Å². The second-order valence-electron chi connectivity index (χ2n) is 5.29. The zero-order valence-electron chi connectivity index (χ0n) is 12.5. The van der Waals surface area contributed by atoms with Crippen molar-refractivity contribution in [3.05, 3.63) is 35.4 Å². The Bertz CT molecular complexity index is 442. The van der Waals surface area contributed by atoms with Crippen LogP contribution in [0, 0.1) is 0 Å². The van der Waals surface area contributed by atoms with Crippen LogP contribution < -0.4 is 0 Å². The van der Waals surface area contributed by atoms with Crippen LogP contribution in [0.5, 0.6) is 0 Å². The minimum Gasteiger partial charge on any atom is -0.378 e. The minimum atomic E-state index is 0.199. The van der Waals surface area contributed by atoms with Crippen LogP contribution in [-0.4, -0.2) is 55.6 Å². The van der Waals surface area contributed by atoms with Crippen molar-refractivity contribution in [2.45, 2.75) is 19.9 Å². The van der Waals surface area contributed by atoms with E-state index < -0.39 is 0 Å². The van der Waals surface area contributed by atoms with Gasteiger partial charge in [0.2, 0.25) is 5.91 Å². The Morgan fingerprint density at radius 1 is 1.25 bits per heavy atom. The number of carbonyl (C=O) groups is 1. The summed E-state index contributed by atoms with van der Waals surface area (Å²) < 4.78 is 5.27. The summed E-state index contributed by atoms with van der Waals surface area (Å²) in [5, 5.41) is 0. The number of ether oxygens (including phenoxy) is 1. The number of nitrogens with zero attached hydrogens (tertiary/aromatic N) is 2. The van der Waals surface area contributed by atoms with Gasteiger partial charge in [0, 0.05) is 19.6 Å². The Balaban J connectivity index is 1.88. The van der Waals surface area contributed by atoms with Crippen molar-refractivity contribution < 1.29 is 9.53 Å². The fourth-order valence-electron chi connectivity index (χ4n) is 2.55. The third-order valence-electron chi connectivity index (χ3n) is 3.71. The van der Waals surface area contributed by atoms with Gasteiger partial charge in [0.25, 0.3) is 0 Å². The first-order valence-corrected chi connectivity index (χ1v) is 7.31. The molecule has 20 heavy (non-hydrogen) atoms. The molecule has 1 aromatic carbocycles. The maximum atomic E-state index is 12.2. The van der Waals surface area contributed by atoms with E-state index in [9.17, 15) is 4.79 Å². The van der Waals surface area contributed by atoms with E-state index in [0.29, 0.717) is 19.8 Å². The Morgan fingerprint density at radius 3 is 2.55 bits per heavy atom. The molecule has 0 aliphatic carbocycles. The molecule has 1 amide bonds. The Morgan fingerprint density at radius 2 is 1.90 bits per heavy atom. The van der Waals surface area contributed by atoms with Gasteiger partial charge in [-0.05, 0) is 24.6 Å². The number of hydrogen-bond acceptors (Lipinski definition) is 3. The van der Waals surface area contributed by atoms with Gasteiger partial charge < -0.3 is 9.64 Å². The van der Waals surface area contributed by atoms with Crippen molar-refractivity contribution in [2.75, 3.05) is 39.9 Å². The molecular formula is C16H24N2O2. The van der Waals surface area contributed by atoms with Crippen LogP contribution in [0.1, 0.15) is 18.1 Å². The molecule has 4 nitrogen and oxygen atoms in total. The van der Waals surface area contributed by atoms with E-state index in [2.05, 4.69) is 36.1 Å². The maximum absolute atomic E-state index is 12.2. The Kier molecular flexibility index (Phi) is 5.56. The highest BCUT2D eigenvalue weighted by molar-refractivity contribution is 5.78. The van der Waals surface area contributed by atoms with E-state index in [1.54, 1.807) is 0 Å². The number of benzene rings is 1. The summed E-state index contributed by atoms with van der Waals surface area (Å²) in [6, 6.07) is 8.44. The molecule has 1 aromatic rings. The molecule has 2 rings (SSSR count). The van der Waals surface area contributed by atoms with Crippen LogP contribution in [-0.2, 0) is 22.5 Å². The molecule has 1 aliphatic heterocycles. The predicted molar refractivity (Wildman–Crippen MR) is 79.6 cm³/mol. The Labute approximate surface area is 121 Å². The summed E-state index contributed by atoms with van der Waals surface area (Å²) in [5.74, 6) is 0.199. The molecule has 110 valence electrons. The van der Waals surface area contributed by atoms with Gasteiger partial charge in [-0.3, -0.25) is 9.69 Å². The van der Waals surface area contributed by atoms with E-state index in [1.807, 2.05) is 11.9 Å². The fourth-order valence-corrected chi connectivity index (χ4v) is 2.55. The number of amides is 1. The molecule has 1 fully saturated rings. The van der Waals surface area contributed by atoms with Crippen molar-refractivity contribution in [3.8, 4) is 0 Å². The van der Waals surface area contributed by atoms with Crippen LogP contribution in [0.4, 0.5) is 0 Å². The number of carbonyl (C=O) groups excluding carboxylic acids is 1. The van der Waals surface area contributed by atoms with Crippen LogP contribution in [0.15, 0.2) is 24.3 Å². The summed E-state index contributed by atoms with van der Waals surface area (Å²) in [4.78, 5) is 16.2. The second-order valence-corrected chi connectivity index (χ2v) is 5.29. The van der Waals surface area contributed by atoms with E-state index in [-0.39, 0.29) is 5.91 Å². The molecule has 0 spiro atoms. The highest BCUT2D eigenvalue weighted by Gasteiger charge is 2.18. The molecule has 1 saturated heterocycles. The second kappa shape index (κ2) is 7.41. The van der Waals surface area contributed by atoms with E-state index in [4.69, 9.17) is 4.74 Å². The van der Waals surface area contributed by atoms with Gasteiger partial charge in [0.05, 0.1) is 19.8 Å². The topological polar surface area (TPSA) is 32.8 Å². The molecule has 0 N–H and O–H groups in total. The SMILES string of the molecule is CCc1ccccc1CN(C)CC(=O)N1CCOCC1. The standard InChI is InChI=1S/C16H24N2O2/c1-3-14-6-4-5-7-15(14)12-17(2)13-16(19)18-8-10-20-11-9-18/h4-7H,3,8-13H2,1-2H3. The number of likely N-dealkylation sites (N-methyl/N-ethyl adjacent to an activating group) is 1. The van der Waals surface area contributed by atoms with Crippen LogP contribution in [0.2, 0.25) is 0 Å². The zero-order valence-corrected chi connectivity index (χ0v) is 12.5. The number of aryl methyl sites for hydroxylation is 1. The summed E-state index contributed by atoms with van der Waals surface area (Å²) in [7, 11) is 2.00. The summed E-state index contributed by atoms with van der Waals surface area (Å²) >= 11 is 0. The van der Waals surface area contributed by atoms with Crippen LogP contribution in [0.3, 0.4) is 0 Å². The average molecular weight is 276 g/mol. The molecule has 1 heterocycles. The van der Waals surface area contributed by atoms with Gasteiger partial charge in [-0.25, -0.2) is 0 Å². The highest BCUT2D eigenvalue weighted by atomic mass is 16.5. The van der Waals surface area contributed by atoms with Crippen LogP contribution in [0.25, 0.3) is 0 Å². The lowest BCUT2D eigenvalue weighted by Gasteiger charge is -2.29. The molecule has 0 radical (unpaired) electrons. The summed E-state index contributed by atoms with van der Waals surface area (Å²) in [6.45, 7) is 6.22. The quantitative estimate of drug-likeness (QED) is 0.818. The zero-order chi connectivity index (χ0) is 14.4. The first-order chi connectivity index (χ1) is 9.70. The molecule has 0 saturated carbocycles. The lowest BCUT2D eigenvalue weighted by atomic mass is 10.1. The number of rotatable bonds is 5. The third-order valence-corrected chi connectivity index (χ3v) is 3.71. The maximum Gasteiger partial charge on any atom is 0.236 e. The van der Waals surface area contributed by atoms with Crippen molar-refractivity contribution >= 4 is 5.91 Å². The summed E-state index contributed by atoms with van der Waals surface area (Å²) in [5.41, 5.74) is 2.67. The monoisotopic (exact) mass is 276 g/mol. The van der Waals surface area contributed by atoms with Crippen molar-refractivity contribution in [1.82, 2.24) is 9.80 Å². The smallest absolute Gasteiger partial charge is 0.236 e. The van der Waals surface area contributed by atoms with Crippen molar-refractivity contribution in [2.24, 2.45) is 0 Å². The minimum absolute atomic E-state index is 0.199. The van der Waals surface area contributed by atoms with E-state index in [0.717, 1.165) is 26.1 Å². The molecule has 0 unspecified atom stereocenters. The first-order valence-electron chi connectivity index (χ1n) is 7.31. The van der Waals surface area contributed by atoms with Gasteiger partial charge in [0.15, 0.2) is 0 Å². The molecule has 0 bridgehead atoms. The lowest BCUT2D eigenvalue weighted by Crippen LogP contribution is -2.44. The molecule has 4 heteroatoms.